The summed E-state index contributed by atoms with van der Waals surface area (Å²) in [5.74, 6) is 0. The second kappa shape index (κ2) is 5.21. The van der Waals surface area contributed by atoms with Crippen molar-refractivity contribution in [2.45, 2.75) is 38.1 Å². The van der Waals surface area contributed by atoms with Crippen LogP contribution in [-0.4, -0.2) is 16.0 Å². The lowest BCUT2D eigenvalue weighted by Crippen LogP contribution is -2.35. The third-order valence-electron chi connectivity index (χ3n) is 2.88. The van der Waals surface area contributed by atoms with Crippen LogP contribution in [-0.2, 0) is 0 Å². The quantitative estimate of drug-likeness (QED) is 0.776. The van der Waals surface area contributed by atoms with Crippen LogP contribution in [0, 0.1) is 0 Å². The number of rotatable bonds is 2. The Morgan fingerprint density at radius 1 is 1.20 bits per heavy atom. The van der Waals surface area contributed by atoms with Gasteiger partial charge in [0.2, 0.25) is 0 Å². The van der Waals surface area contributed by atoms with Crippen molar-refractivity contribution in [2.24, 2.45) is 0 Å². The maximum absolute atomic E-state index is 5.36. The van der Waals surface area contributed by atoms with Crippen molar-refractivity contribution in [2.75, 3.05) is 0 Å². The SMILES string of the molecule is S=C(NC1CCCCC1)c1ccncc1. The van der Waals surface area contributed by atoms with Gasteiger partial charge in [-0.2, -0.15) is 0 Å². The van der Waals surface area contributed by atoms with Gasteiger partial charge in [-0.25, -0.2) is 0 Å². The molecule has 1 aliphatic carbocycles. The number of thiocarbonyl (C=S) groups is 1. The molecular weight excluding hydrogens is 204 g/mol. The number of nitrogens with one attached hydrogen (secondary N) is 1. The summed E-state index contributed by atoms with van der Waals surface area (Å²) in [4.78, 5) is 4.85. The number of nitrogens with zero attached hydrogens (tertiary/aromatic N) is 1. The van der Waals surface area contributed by atoms with E-state index >= 15 is 0 Å². The topological polar surface area (TPSA) is 24.9 Å². The molecule has 0 bridgehead atoms. The Morgan fingerprint density at radius 2 is 1.87 bits per heavy atom. The maximum Gasteiger partial charge on any atom is 0.106 e. The van der Waals surface area contributed by atoms with E-state index in [1.165, 1.54) is 32.1 Å². The van der Waals surface area contributed by atoms with Crippen molar-refractivity contribution < 1.29 is 0 Å². The van der Waals surface area contributed by atoms with Crippen molar-refractivity contribution in [1.29, 1.82) is 0 Å². The minimum atomic E-state index is 0.583. The van der Waals surface area contributed by atoms with Gasteiger partial charge in [0.1, 0.15) is 4.99 Å². The van der Waals surface area contributed by atoms with Crippen molar-refractivity contribution in [1.82, 2.24) is 10.3 Å². The summed E-state index contributed by atoms with van der Waals surface area (Å²) in [6, 6.07) is 4.50. The fraction of sp³-hybridized carbons (Fsp3) is 0.500. The first kappa shape index (κ1) is 10.6. The zero-order valence-electron chi connectivity index (χ0n) is 8.78. The van der Waals surface area contributed by atoms with Gasteiger partial charge in [-0.3, -0.25) is 4.98 Å². The molecule has 1 aromatic rings. The van der Waals surface area contributed by atoms with E-state index in [2.05, 4.69) is 10.3 Å². The lowest BCUT2D eigenvalue weighted by atomic mass is 9.95. The van der Waals surface area contributed by atoms with Gasteiger partial charge in [-0.15, -0.1) is 0 Å². The average molecular weight is 220 g/mol. The summed E-state index contributed by atoms with van der Waals surface area (Å²) in [6.07, 6.45) is 10.1. The van der Waals surface area contributed by atoms with Crippen molar-refractivity contribution in [3.05, 3.63) is 30.1 Å². The average Bonchev–Trinajstić information content (AvgIpc) is 2.31. The van der Waals surface area contributed by atoms with E-state index in [1.54, 1.807) is 12.4 Å². The van der Waals surface area contributed by atoms with Gasteiger partial charge in [0, 0.05) is 24.0 Å². The molecule has 1 aromatic heterocycles. The van der Waals surface area contributed by atoms with E-state index in [0.29, 0.717) is 6.04 Å². The predicted molar refractivity (Wildman–Crippen MR) is 65.9 cm³/mol. The monoisotopic (exact) mass is 220 g/mol. The van der Waals surface area contributed by atoms with E-state index in [-0.39, 0.29) is 0 Å². The Balaban J connectivity index is 1.91. The molecule has 0 atom stereocenters. The molecule has 80 valence electrons. The molecule has 2 nitrogen and oxygen atoms in total. The minimum absolute atomic E-state index is 0.583. The summed E-state index contributed by atoms with van der Waals surface area (Å²) >= 11 is 5.36. The van der Waals surface area contributed by atoms with Crippen LogP contribution in [0.4, 0.5) is 0 Å². The molecule has 1 saturated carbocycles. The molecule has 0 saturated heterocycles. The van der Waals surface area contributed by atoms with Crippen molar-refractivity contribution >= 4 is 17.2 Å². The zero-order chi connectivity index (χ0) is 10.5. The molecule has 0 amide bonds. The fourth-order valence-electron chi connectivity index (χ4n) is 2.02. The zero-order valence-corrected chi connectivity index (χ0v) is 9.59. The highest BCUT2D eigenvalue weighted by molar-refractivity contribution is 7.80. The second-order valence-corrected chi connectivity index (χ2v) is 4.45. The molecule has 1 aliphatic rings. The molecule has 1 N–H and O–H groups in total. The van der Waals surface area contributed by atoms with Gasteiger partial charge in [-0.1, -0.05) is 31.5 Å². The molecule has 15 heavy (non-hydrogen) atoms. The summed E-state index contributed by atoms with van der Waals surface area (Å²) in [5.41, 5.74) is 1.07. The molecule has 2 rings (SSSR count). The summed E-state index contributed by atoms with van der Waals surface area (Å²) < 4.78 is 0. The first-order valence-electron chi connectivity index (χ1n) is 5.57. The van der Waals surface area contributed by atoms with Gasteiger partial charge in [0.05, 0.1) is 0 Å². The lowest BCUT2D eigenvalue weighted by molar-refractivity contribution is 0.415. The van der Waals surface area contributed by atoms with Crippen LogP contribution in [0.25, 0.3) is 0 Å². The van der Waals surface area contributed by atoms with Crippen LogP contribution in [0.1, 0.15) is 37.7 Å². The van der Waals surface area contributed by atoms with E-state index in [9.17, 15) is 0 Å². The smallest absolute Gasteiger partial charge is 0.106 e. The normalized spacial score (nSPS) is 17.3. The molecule has 0 unspecified atom stereocenters. The summed E-state index contributed by atoms with van der Waals surface area (Å²) in [5, 5.41) is 3.44. The first-order chi connectivity index (χ1) is 7.36. The lowest BCUT2D eigenvalue weighted by Gasteiger charge is -2.24. The van der Waals surface area contributed by atoms with E-state index in [4.69, 9.17) is 12.2 Å². The third-order valence-corrected chi connectivity index (χ3v) is 3.24. The second-order valence-electron chi connectivity index (χ2n) is 4.04. The molecule has 0 radical (unpaired) electrons. The molecular formula is C12H16N2S. The molecule has 1 fully saturated rings. The number of aromatic nitrogens is 1. The van der Waals surface area contributed by atoms with Gasteiger partial charge in [0.25, 0.3) is 0 Å². The van der Waals surface area contributed by atoms with Gasteiger partial charge in [-0.05, 0) is 25.0 Å². The summed E-state index contributed by atoms with van der Waals surface area (Å²) in [7, 11) is 0. The van der Waals surface area contributed by atoms with Crippen LogP contribution in [0.15, 0.2) is 24.5 Å². The molecule has 0 aromatic carbocycles. The van der Waals surface area contributed by atoms with Crippen LogP contribution in [0.3, 0.4) is 0 Å². The largest absolute Gasteiger partial charge is 0.373 e. The number of pyridine rings is 1. The third kappa shape index (κ3) is 2.99. The Labute approximate surface area is 96.1 Å². The Hall–Kier alpha value is -0.960. The van der Waals surface area contributed by atoms with Gasteiger partial charge >= 0.3 is 0 Å². The standard InChI is InChI=1S/C12H16N2S/c15-12(10-6-8-13-9-7-10)14-11-4-2-1-3-5-11/h6-9,11H,1-5H2,(H,14,15). The van der Waals surface area contributed by atoms with Crippen LogP contribution >= 0.6 is 12.2 Å². The van der Waals surface area contributed by atoms with Crippen LogP contribution < -0.4 is 5.32 Å². The fourth-order valence-corrected chi connectivity index (χ4v) is 2.32. The predicted octanol–water partition coefficient (Wildman–Crippen LogP) is 2.68. The minimum Gasteiger partial charge on any atom is -0.373 e. The van der Waals surface area contributed by atoms with Crippen molar-refractivity contribution in [3.8, 4) is 0 Å². The Morgan fingerprint density at radius 3 is 2.53 bits per heavy atom. The first-order valence-corrected chi connectivity index (χ1v) is 5.98. The highest BCUT2D eigenvalue weighted by Crippen LogP contribution is 2.17. The van der Waals surface area contributed by atoms with Crippen molar-refractivity contribution in [3.63, 3.8) is 0 Å². The van der Waals surface area contributed by atoms with E-state index < -0.39 is 0 Å². The molecule has 1 heterocycles. The van der Waals surface area contributed by atoms with Crippen LogP contribution in [0.5, 0.6) is 0 Å². The molecule has 0 aliphatic heterocycles. The Bertz CT molecular complexity index is 318. The number of hydrogen-bond acceptors (Lipinski definition) is 2. The summed E-state index contributed by atoms with van der Waals surface area (Å²) in [6.45, 7) is 0. The van der Waals surface area contributed by atoms with Gasteiger partial charge < -0.3 is 5.32 Å². The highest BCUT2D eigenvalue weighted by Gasteiger charge is 2.14. The maximum atomic E-state index is 5.36. The van der Waals surface area contributed by atoms with Gasteiger partial charge in [0.15, 0.2) is 0 Å². The number of hydrogen-bond donors (Lipinski definition) is 1. The molecule has 0 spiro atoms. The molecule has 3 heteroatoms. The van der Waals surface area contributed by atoms with Crippen LogP contribution in [0.2, 0.25) is 0 Å². The van der Waals surface area contributed by atoms with E-state index in [0.717, 1.165) is 10.6 Å². The highest BCUT2D eigenvalue weighted by atomic mass is 32.1. The Kier molecular flexibility index (Phi) is 3.67. The van der Waals surface area contributed by atoms with E-state index in [1.807, 2.05) is 12.1 Å².